The Hall–Kier alpha value is -1.30. The largest absolute Gasteiger partial charge is 0.481 e. The molecule has 1 atom stereocenters. The zero-order chi connectivity index (χ0) is 12.2. The number of halogens is 4. The third-order valence-electron chi connectivity index (χ3n) is 1.89. The van der Waals surface area contributed by atoms with Gasteiger partial charge in [0.15, 0.2) is 6.10 Å². The summed E-state index contributed by atoms with van der Waals surface area (Å²) in [6, 6.07) is 4.35. The summed E-state index contributed by atoms with van der Waals surface area (Å²) < 4.78 is 54.5. The van der Waals surface area contributed by atoms with Crippen LogP contribution in [0.3, 0.4) is 0 Å². The minimum absolute atomic E-state index is 0.0304. The van der Waals surface area contributed by atoms with Gasteiger partial charge in [0, 0.05) is 6.42 Å². The van der Waals surface area contributed by atoms with E-state index in [9.17, 15) is 17.6 Å². The summed E-state index contributed by atoms with van der Waals surface area (Å²) in [5.74, 6) is -0.563. The van der Waals surface area contributed by atoms with Crippen molar-refractivity contribution in [1.82, 2.24) is 0 Å². The first-order valence-corrected chi connectivity index (χ1v) is 4.62. The SMILES string of the molecule is NCCC(Oc1ccc(F)cc1)C(F)(F)F. The molecule has 0 fully saturated rings. The summed E-state index contributed by atoms with van der Waals surface area (Å²) in [5.41, 5.74) is 5.06. The molecule has 6 heteroatoms. The van der Waals surface area contributed by atoms with E-state index in [1.165, 1.54) is 0 Å². The van der Waals surface area contributed by atoms with E-state index in [4.69, 9.17) is 10.5 Å². The molecular weight excluding hydrogens is 226 g/mol. The number of hydrogen-bond donors (Lipinski definition) is 1. The lowest BCUT2D eigenvalue weighted by Crippen LogP contribution is -2.36. The molecule has 90 valence electrons. The van der Waals surface area contributed by atoms with Crippen LogP contribution in [0.15, 0.2) is 24.3 Å². The lowest BCUT2D eigenvalue weighted by Gasteiger charge is -2.21. The predicted octanol–water partition coefficient (Wildman–Crippen LogP) is 2.48. The van der Waals surface area contributed by atoms with Gasteiger partial charge in [0.25, 0.3) is 0 Å². The van der Waals surface area contributed by atoms with Crippen molar-refractivity contribution >= 4 is 0 Å². The Morgan fingerprint density at radius 3 is 2.19 bits per heavy atom. The van der Waals surface area contributed by atoms with Crippen LogP contribution < -0.4 is 10.5 Å². The Kier molecular flexibility index (Phi) is 4.12. The normalized spacial score (nSPS) is 13.6. The number of ether oxygens (including phenoxy) is 1. The minimum atomic E-state index is -4.48. The van der Waals surface area contributed by atoms with Crippen LogP contribution in [0.25, 0.3) is 0 Å². The molecule has 0 spiro atoms. The fourth-order valence-corrected chi connectivity index (χ4v) is 1.12. The third kappa shape index (κ3) is 3.69. The van der Waals surface area contributed by atoms with Crippen molar-refractivity contribution in [2.24, 2.45) is 5.73 Å². The molecule has 0 aliphatic rings. The van der Waals surface area contributed by atoms with Crippen molar-refractivity contribution in [2.45, 2.75) is 18.7 Å². The van der Waals surface area contributed by atoms with Gasteiger partial charge in [-0.15, -0.1) is 0 Å². The molecule has 0 saturated carbocycles. The van der Waals surface area contributed by atoms with Crippen LogP contribution in [0.1, 0.15) is 6.42 Å². The molecule has 1 aromatic carbocycles. The fraction of sp³-hybridized carbons (Fsp3) is 0.400. The molecule has 0 aliphatic carbocycles. The lowest BCUT2D eigenvalue weighted by molar-refractivity contribution is -0.196. The van der Waals surface area contributed by atoms with Gasteiger partial charge in [-0.25, -0.2) is 4.39 Å². The topological polar surface area (TPSA) is 35.2 Å². The maximum absolute atomic E-state index is 12.5. The molecular formula is C10H11F4NO. The summed E-state index contributed by atoms with van der Waals surface area (Å²) in [5, 5.41) is 0. The van der Waals surface area contributed by atoms with E-state index in [1.807, 2.05) is 0 Å². The molecule has 16 heavy (non-hydrogen) atoms. The van der Waals surface area contributed by atoms with Crippen LogP contribution in [-0.4, -0.2) is 18.8 Å². The molecule has 0 aliphatic heterocycles. The number of benzene rings is 1. The van der Waals surface area contributed by atoms with Crippen LogP contribution in [0.4, 0.5) is 17.6 Å². The Bertz CT molecular complexity index is 323. The van der Waals surface area contributed by atoms with Crippen LogP contribution in [-0.2, 0) is 0 Å². The van der Waals surface area contributed by atoms with Crippen molar-refractivity contribution in [1.29, 1.82) is 0 Å². The van der Waals surface area contributed by atoms with E-state index in [1.54, 1.807) is 0 Å². The molecule has 0 amide bonds. The second kappa shape index (κ2) is 5.16. The first kappa shape index (κ1) is 12.8. The molecule has 1 aromatic rings. The monoisotopic (exact) mass is 237 g/mol. The first-order valence-electron chi connectivity index (χ1n) is 4.62. The third-order valence-corrected chi connectivity index (χ3v) is 1.89. The second-order valence-electron chi connectivity index (χ2n) is 3.18. The Morgan fingerprint density at radius 2 is 1.75 bits per heavy atom. The van der Waals surface area contributed by atoms with Crippen molar-refractivity contribution in [3.8, 4) is 5.75 Å². The first-order chi connectivity index (χ1) is 7.43. The summed E-state index contributed by atoms with van der Waals surface area (Å²) in [6.45, 7) is -0.134. The maximum atomic E-state index is 12.5. The Morgan fingerprint density at radius 1 is 1.19 bits per heavy atom. The number of alkyl halides is 3. The molecule has 0 radical (unpaired) electrons. The van der Waals surface area contributed by atoms with E-state index in [0.29, 0.717) is 0 Å². The molecule has 0 aromatic heterocycles. The van der Waals surface area contributed by atoms with Crippen molar-refractivity contribution < 1.29 is 22.3 Å². The average Bonchev–Trinajstić information content (AvgIpc) is 2.19. The highest BCUT2D eigenvalue weighted by Crippen LogP contribution is 2.27. The van der Waals surface area contributed by atoms with Gasteiger partial charge >= 0.3 is 6.18 Å². The zero-order valence-corrected chi connectivity index (χ0v) is 8.30. The Balaban J connectivity index is 2.72. The number of rotatable bonds is 4. The van der Waals surface area contributed by atoms with Gasteiger partial charge in [-0.2, -0.15) is 13.2 Å². The van der Waals surface area contributed by atoms with Gasteiger partial charge in [-0.1, -0.05) is 0 Å². The smallest absolute Gasteiger partial charge is 0.425 e. The van der Waals surface area contributed by atoms with Gasteiger partial charge < -0.3 is 10.5 Å². The highest BCUT2D eigenvalue weighted by molar-refractivity contribution is 5.22. The van der Waals surface area contributed by atoms with Gasteiger partial charge in [-0.3, -0.25) is 0 Å². The zero-order valence-electron chi connectivity index (χ0n) is 8.30. The lowest BCUT2D eigenvalue weighted by atomic mass is 10.2. The molecule has 0 heterocycles. The van der Waals surface area contributed by atoms with E-state index in [-0.39, 0.29) is 18.7 Å². The number of hydrogen-bond acceptors (Lipinski definition) is 2. The fourth-order valence-electron chi connectivity index (χ4n) is 1.12. The van der Waals surface area contributed by atoms with E-state index >= 15 is 0 Å². The summed E-state index contributed by atoms with van der Waals surface area (Å²) in [7, 11) is 0. The van der Waals surface area contributed by atoms with Gasteiger partial charge in [0.1, 0.15) is 11.6 Å². The van der Waals surface area contributed by atoms with Gasteiger partial charge in [0.2, 0.25) is 0 Å². The van der Waals surface area contributed by atoms with Crippen LogP contribution in [0.5, 0.6) is 5.75 Å². The Labute approximate surface area is 90.0 Å². The second-order valence-corrected chi connectivity index (χ2v) is 3.18. The standard InChI is InChI=1S/C10H11F4NO/c11-7-1-3-8(4-2-7)16-9(5-6-15)10(12,13)14/h1-4,9H,5-6,15H2. The van der Waals surface area contributed by atoms with Crippen molar-refractivity contribution in [3.05, 3.63) is 30.1 Å². The predicted molar refractivity (Wildman–Crippen MR) is 50.5 cm³/mol. The van der Waals surface area contributed by atoms with E-state index in [0.717, 1.165) is 24.3 Å². The summed E-state index contributed by atoms with van der Waals surface area (Å²) in [4.78, 5) is 0. The average molecular weight is 237 g/mol. The van der Waals surface area contributed by atoms with Crippen LogP contribution >= 0.6 is 0 Å². The van der Waals surface area contributed by atoms with Crippen molar-refractivity contribution in [2.75, 3.05) is 6.54 Å². The summed E-state index contributed by atoms with van der Waals surface area (Å²) in [6.07, 6.45) is -6.77. The highest BCUT2D eigenvalue weighted by Gasteiger charge is 2.41. The molecule has 1 rings (SSSR count). The quantitative estimate of drug-likeness (QED) is 0.816. The molecule has 0 saturated heterocycles. The number of nitrogens with two attached hydrogens (primary N) is 1. The van der Waals surface area contributed by atoms with Gasteiger partial charge in [0.05, 0.1) is 0 Å². The van der Waals surface area contributed by atoms with Gasteiger partial charge in [-0.05, 0) is 30.8 Å². The van der Waals surface area contributed by atoms with Crippen LogP contribution in [0.2, 0.25) is 0 Å². The minimum Gasteiger partial charge on any atom is -0.481 e. The molecule has 0 bridgehead atoms. The summed E-state index contributed by atoms with van der Waals surface area (Å²) >= 11 is 0. The van der Waals surface area contributed by atoms with E-state index < -0.39 is 18.1 Å². The maximum Gasteiger partial charge on any atom is 0.425 e. The van der Waals surface area contributed by atoms with Crippen molar-refractivity contribution in [3.63, 3.8) is 0 Å². The van der Waals surface area contributed by atoms with E-state index in [2.05, 4.69) is 0 Å². The highest BCUT2D eigenvalue weighted by atomic mass is 19.4. The molecule has 1 unspecified atom stereocenters. The molecule has 2 N–H and O–H groups in total. The van der Waals surface area contributed by atoms with Crippen LogP contribution in [0, 0.1) is 5.82 Å². The molecule has 2 nitrogen and oxygen atoms in total.